The lowest BCUT2D eigenvalue weighted by atomic mass is 10.1. The quantitative estimate of drug-likeness (QED) is 0.378. The molecule has 2 heterocycles. The van der Waals surface area contributed by atoms with Gasteiger partial charge in [0, 0.05) is 16.5 Å². The average molecular weight is 447 g/mol. The number of para-hydroxylation sites is 1. The SMILES string of the molecule is O=C(CSc1nnc(C2CC2)n1-c1ccccc1)N[C@@H](c1ccccc1)c1cccs1. The van der Waals surface area contributed by atoms with Crippen LogP contribution in [-0.2, 0) is 4.79 Å². The first-order valence-corrected chi connectivity index (χ1v) is 12.2. The molecule has 2 aromatic carbocycles. The van der Waals surface area contributed by atoms with Crippen molar-refractivity contribution < 1.29 is 4.79 Å². The van der Waals surface area contributed by atoms with Crippen LogP contribution in [0.2, 0.25) is 0 Å². The molecule has 1 atom stereocenters. The zero-order valence-corrected chi connectivity index (χ0v) is 18.5. The maximum absolute atomic E-state index is 12.9. The summed E-state index contributed by atoms with van der Waals surface area (Å²) in [5.41, 5.74) is 2.12. The highest BCUT2D eigenvalue weighted by Crippen LogP contribution is 2.41. The van der Waals surface area contributed by atoms with Crippen LogP contribution in [0.15, 0.2) is 83.3 Å². The van der Waals surface area contributed by atoms with Crippen molar-refractivity contribution in [2.45, 2.75) is 30.0 Å². The number of benzene rings is 2. The average Bonchev–Trinajstić information content (AvgIpc) is 3.34. The van der Waals surface area contributed by atoms with Crippen LogP contribution in [0.5, 0.6) is 0 Å². The number of rotatable bonds is 8. The Morgan fingerprint density at radius 1 is 1.03 bits per heavy atom. The summed E-state index contributed by atoms with van der Waals surface area (Å²) in [6, 6.07) is 24.1. The number of aromatic nitrogens is 3. The molecule has 0 saturated heterocycles. The van der Waals surface area contributed by atoms with E-state index in [1.807, 2.05) is 60.0 Å². The molecule has 0 unspecified atom stereocenters. The van der Waals surface area contributed by atoms with Gasteiger partial charge in [0.15, 0.2) is 5.16 Å². The maximum Gasteiger partial charge on any atom is 0.231 e. The highest BCUT2D eigenvalue weighted by molar-refractivity contribution is 7.99. The number of carbonyl (C=O) groups excluding carboxylic acids is 1. The lowest BCUT2D eigenvalue weighted by Crippen LogP contribution is -2.30. The van der Waals surface area contributed by atoms with Crippen molar-refractivity contribution in [1.29, 1.82) is 0 Å². The van der Waals surface area contributed by atoms with Crippen LogP contribution >= 0.6 is 23.1 Å². The number of thioether (sulfide) groups is 1. The van der Waals surface area contributed by atoms with Gasteiger partial charge in [0.25, 0.3) is 0 Å². The number of hydrogen-bond donors (Lipinski definition) is 1. The predicted octanol–water partition coefficient (Wildman–Crippen LogP) is 5.20. The minimum absolute atomic E-state index is 0.0252. The number of nitrogens with one attached hydrogen (secondary N) is 1. The van der Waals surface area contributed by atoms with Crippen molar-refractivity contribution in [3.05, 3.63) is 94.4 Å². The summed E-state index contributed by atoms with van der Waals surface area (Å²) >= 11 is 3.08. The fourth-order valence-electron chi connectivity index (χ4n) is 3.55. The number of carbonyl (C=O) groups is 1. The summed E-state index contributed by atoms with van der Waals surface area (Å²) in [5, 5.41) is 14.9. The smallest absolute Gasteiger partial charge is 0.231 e. The Labute approximate surface area is 189 Å². The molecule has 7 heteroatoms. The monoisotopic (exact) mass is 446 g/mol. The molecular weight excluding hydrogens is 424 g/mol. The van der Waals surface area contributed by atoms with Gasteiger partial charge in [-0.2, -0.15) is 0 Å². The third-order valence-electron chi connectivity index (χ3n) is 5.21. The molecule has 1 saturated carbocycles. The standard InChI is InChI=1S/C24H22N4OS2/c29-21(25-22(20-12-7-15-30-20)17-8-3-1-4-9-17)16-31-24-27-26-23(18-13-14-18)28(24)19-10-5-2-6-11-19/h1-12,15,18,22H,13-14,16H2,(H,25,29)/t22-/m0/s1. The van der Waals surface area contributed by atoms with Gasteiger partial charge in [-0.1, -0.05) is 66.4 Å². The minimum atomic E-state index is -0.150. The Hall–Kier alpha value is -2.90. The summed E-state index contributed by atoms with van der Waals surface area (Å²) < 4.78 is 2.10. The Bertz CT molecular complexity index is 1140. The number of hydrogen-bond acceptors (Lipinski definition) is 5. The van der Waals surface area contributed by atoms with Crippen molar-refractivity contribution >= 4 is 29.0 Å². The fraction of sp³-hybridized carbons (Fsp3) is 0.208. The second-order valence-electron chi connectivity index (χ2n) is 7.50. The van der Waals surface area contributed by atoms with Gasteiger partial charge in [-0.25, -0.2) is 0 Å². The number of thiophene rings is 1. The molecule has 0 aliphatic heterocycles. The molecule has 1 aliphatic carbocycles. The zero-order valence-electron chi connectivity index (χ0n) is 16.8. The summed E-state index contributed by atoms with van der Waals surface area (Å²) in [7, 11) is 0. The minimum Gasteiger partial charge on any atom is -0.344 e. The van der Waals surface area contributed by atoms with E-state index in [0.29, 0.717) is 5.92 Å². The van der Waals surface area contributed by atoms with Gasteiger partial charge in [0.05, 0.1) is 11.8 Å². The van der Waals surface area contributed by atoms with E-state index in [-0.39, 0.29) is 17.7 Å². The number of nitrogens with zero attached hydrogens (tertiary/aromatic N) is 3. The van der Waals surface area contributed by atoms with Gasteiger partial charge in [-0.3, -0.25) is 9.36 Å². The first-order valence-electron chi connectivity index (χ1n) is 10.3. The van der Waals surface area contributed by atoms with Crippen LogP contribution in [0.4, 0.5) is 0 Å². The van der Waals surface area contributed by atoms with Gasteiger partial charge in [0.1, 0.15) is 5.82 Å². The van der Waals surface area contributed by atoms with E-state index in [9.17, 15) is 4.79 Å². The molecule has 5 rings (SSSR count). The molecule has 2 aromatic heterocycles. The van der Waals surface area contributed by atoms with Crippen molar-refractivity contribution in [3.8, 4) is 5.69 Å². The van der Waals surface area contributed by atoms with Crippen LogP contribution in [0, 0.1) is 0 Å². The molecule has 1 fully saturated rings. The molecule has 4 aromatic rings. The second kappa shape index (κ2) is 9.08. The molecule has 156 valence electrons. The van der Waals surface area contributed by atoms with Gasteiger partial charge in [-0.05, 0) is 42.0 Å². The highest BCUT2D eigenvalue weighted by atomic mass is 32.2. The Balaban J connectivity index is 1.33. The van der Waals surface area contributed by atoms with E-state index < -0.39 is 0 Å². The summed E-state index contributed by atoms with van der Waals surface area (Å²) in [6.45, 7) is 0. The normalized spacial score (nSPS) is 14.3. The summed E-state index contributed by atoms with van der Waals surface area (Å²) in [4.78, 5) is 14.0. The third kappa shape index (κ3) is 4.57. The van der Waals surface area contributed by atoms with Crippen LogP contribution in [0.25, 0.3) is 5.69 Å². The molecule has 0 radical (unpaired) electrons. The highest BCUT2D eigenvalue weighted by Gasteiger charge is 2.31. The molecule has 5 nitrogen and oxygen atoms in total. The topological polar surface area (TPSA) is 59.8 Å². The van der Waals surface area contributed by atoms with E-state index >= 15 is 0 Å². The first-order chi connectivity index (χ1) is 15.3. The molecule has 1 N–H and O–H groups in total. The molecular formula is C24H22N4OS2. The largest absolute Gasteiger partial charge is 0.344 e. The number of amides is 1. The van der Waals surface area contributed by atoms with Gasteiger partial charge < -0.3 is 5.32 Å². The molecule has 1 aliphatic rings. The van der Waals surface area contributed by atoms with E-state index in [4.69, 9.17) is 0 Å². The Kier molecular flexibility index (Phi) is 5.86. The molecule has 0 spiro atoms. The predicted molar refractivity (Wildman–Crippen MR) is 125 cm³/mol. The Morgan fingerprint density at radius 3 is 2.45 bits per heavy atom. The lowest BCUT2D eigenvalue weighted by molar-refractivity contribution is -0.119. The van der Waals surface area contributed by atoms with Gasteiger partial charge in [0.2, 0.25) is 5.91 Å². The molecule has 31 heavy (non-hydrogen) atoms. The third-order valence-corrected chi connectivity index (χ3v) is 7.08. The van der Waals surface area contributed by atoms with Crippen LogP contribution < -0.4 is 5.32 Å². The maximum atomic E-state index is 12.9. The first kappa shape index (κ1) is 20.0. The van der Waals surface area contributed by atoms with E-state index in [1.165, 1.54) is 11.8 Å². The lowest BCUT2D eigenvalue weighted by Gasteiger charge is -2.18. The Morgan fingerprint density at radius 2 is 1.77 bits per heavy atom. The molecule has 0 bridgehead atoms. The van der Waals surface area contributed by atoms with E-state index in [1.54, 1.807) is 11.3 Å². The summed E-state index contributed by atoms with van der Waals surface area (Å²) in [6.07, 6.45) is 2.30. The van der Waals surface area contributed by atoms with Crippen molar-refractivity contribution in [1.82, 2.24) is 20.1 Å². The summed E-state index contributed by atoms with van der Waals surface area (Å²) in [5.74, 6) is 1.72. The van der Waals surface area contributed by atoms with Crippen LogP contribution in [-0.4, -0.2) is 26.4 Å². The van der Waals surface area contributed by atoms with Crippen LogP contribution in [0.3, 0.4) is 0 Å². The second-order valence-corrected chi connectivity index (χ2v) is 9.42. The van der Waals surface area contributed by atoms with E-state index in [0.717, 1.165) is 40.0 Å². The van der Waals surface area contributed by atoms with Crippen molar-refractivity contribution in [2.24, 2.45) is 0 Å². The fourth-order valence-corrected chi connectivity index (χ4v) is 5.13. The zero-order chi connectivity index (χ0) is 21.0. The molecule has 1 amide bonds. The van der Waals surface area contributed by atoms with Crippen molar-refractivity contribution in [2.75, 3.05) is 5.75 Å². The van der Waals surface area contributed by atoms with Gasteiger partial charge in [-0.15, -0.1) is 21.5 Å². The van der Waals surface area contributed by atoms with Crippen LogP contribution in [0.1, 0.15) is 41.1 Å². The van der Waals surface area contributed by atoms with Gasteiger partial charge >= 0.3 is 0 Å². The van der Waals surface area contributed by atoms with E-state index in [2.05, 4.69) is 38.3 Å². The van der Waals surface area contributed by atoms with Crippen molar-refractivity contribution in [3.63, 3.8) is 0 Å².